The molecule has 2 N–H and O–H groups in total. The maximum atomic E-state index is 8.80. The van der Waals surface area contributed by atoms with Crippen LogP contribution in [0.25, 0.3) is 0 Å². The minimum atomic E-state index is -0.126. The van der Waals surface area contributed by atoms with Crippen LogP contribution in [0.1, 0.15) is 61.3 Å². The Hall–Kier alpha value is -0.320. The van der Waals surface area contributed by atoms with Crippen molar-refractivity contribution in [1.29, 1.82) is 0 Å². The van der Waals surface area contributed by atoms with Crippen molar-refractivity contribution in [3.05, 3.63) is 0 Å². The summed E-state index contributed by atoms with van der Waals surface area (Å²) in [4.78, 5) is 0. The molecular formula is C23H50O8. The summed E-state index contributed by atoms with van der Waals surface area (Å²) in [7, 11) is 1.66. The molecule has 0 amide bonds. The van der Waals surface area contributed by atoms with E-state index in [2.05, 4.69) is 6.92 Å². The molecule has 0 saturated carbocycles. The Morgan fingerprint density at radius 1 is 0.548 bits per heavy atom. The first kappa shape index (κ1) is 32.9. The van der Waals surface area contributed by atoms with Gasteiger partial charge in [0.2, 0.25) is 0 Å². The molecule has 0 aromatic rings. The monoisotopic (exact) mass is 454 g/mol. The molecule has 0 aliphatic rings. The molecule has 6 atom stereocenters. The van der Waals surface area contributed by atoms with E-state index >= 15 is 0 Å². The third kappa shape index (κ3) is 24.2. The fourth-order valence-corrected chi connectivity index (χ4v) is 1.95. The molecule has 0 aromatic carbocycles. The number of hydrogen-bond donors (Lipinski definition) is 2. The van der Waals surface area contributed by atoms with Gasteiger partial charge in [0.1, 0.15) is 0 Å². The van der Waals surface area contributed by atoms with E-state index in [1.54, 1.807) is 7.11 Å². The lowest BCUT2D eigenvalue weighted by Gasteiger charge is -2.19. The van der Waals surface area contributed by atoms with Crippen LogP contribution in [0.3, 0.4) is 0 Å². The molecule has 8 nitrogen and oxygen atoms in total. The van der Waals surface area contributed by atoms with Crippen LogP contribution < -0.4 is 0 Å². The fourth-order valence-electron chi connectivity index (χ4n) is 1.95. The number of rotatable bonds is 19. The third-order valence-corrected chi connectivity index (χ3v) is 4.28. The summed E-state index contributed by atoms with van der Waals surface area (Å²) in [6.45, 7) is 16.7. The average molecular weight is 455 g/mol. The molecule has 0 saturated heterocycles. The Morgan fingerprint density at radius 3 is 1.26 bits per heavy atom. The van der Waals surface area contributed by atoms with Gasteiger partial charge in [-0.1, -0.05) is 13.3 Å². The van der Waals surface area contributed by atoms with E-state index in [-0.39, 0.29) is 49.8 Å². The lowest BCUT2D eigenvalue weighted by atomic mass is 10.3. The summed E-state index contributed by atoms with van der Waals surface area (Å²) in [6, 6.07) is 0. The van der Waals surface area contributed by atoms with Gasteiger partial charge in [-0.15, -0.1) is 0 Å². The maximum Gasteiger partial charge on any atom is 0.0781 e. The fraction of sp³-hybridized carbons (Fsp3) is 1.00. The summed E-state index contributed by atoms with van der Waals surface area (Å²) in [5, 5.41) is 17.5. The van der Waals surface area contributed by atoms with Crippen LogP contribution in [0, 0.1) is 0 Å². The van der Waals surface area contributed by atoms with Crippen LogP contribution in [0.2, 0.25) is 0 Å². The second kappa shape index (κ2) is 22.9. The van der Waals surface area contributed by atoms with Gasteiger partial charge in [-0.3, -0.25) is 0 Å². The molecule has 0 heterocycles. The second-order valence-electron chi connectivity index (χ2n) is 8.02. The molecule has 0 spiro atoms. The first-order valence-corrected chi connectivity index (χ1v) is 11.5. The Kier molecular flexibility index (Phi) is 24.2. The maximum absolute atomic E-state index is 8.80. The topological polar surface area (TPSA) is 95.8 Å². The largest absolute Gasteiger partial charge is 0.394 e. The van der Waals surface area contributed by atoms with E-state index in [0.717, 1.165) is 19.4 Å². The molecule has 0 fully saturated rings. The van der Waals surface area contributed by atoms with Crippen molar-refractivity contribution < 1.29 is 38.6 Å². The lowest BCUT2D eigenvalue weighted by Crippen LogP contribution is -2.26. The Labute approximate surface area is 190 Å². The number of hydrogen-bond acceptors (Lipinski definition) is 8. The van der Waals surface area contributed by atoms with E-state index in [4.69, 9.17) is 38.6 Å². The van der Waals surface area contributed by atoms with Gasteiger partial charge in [-0.05, 0) is 48.0 Å². The number of aliphatic hydroxyl groups is 2. The Morgan fingerprint density at radius 2 is 0.903 bits per heavy atom. The zero-order valence-corrected chi connectivity index (χ0v) is 21.2. The van der Waals surface area contributed by atoms with Crippen LogP contribution in [0.4, 0.5) is 0 Å². The third-order valence-electron chi connectivity index (χ3n) is 4.28. The highest BCUT2D eigenvalue weighted by Crippen LogP contribution is 2.01. The van der Waals surface area contributed by atoms with E-state index in [1.165, 1.54) is 0 Å². The average Bonchev–Trinajstić information content (AvgIpc) is 2.78. The molecule has 6 unspecified atom stereocenters. The quantitative estimate of drug-likeness (QED) is 0.288. The van der Waals surface area contributed by atoms with Gasteiger partial charge in [0.05, 0.1) is 76.3 Å². The molecule has 0 radical (unpaired) electrons. The first-order chi connectivity index (χ1) is 14.7. The van der Waals surface area contributed by atoms with Crippen molar-refractivity contribution in [1.82, 2.24) is 0 Å². The minimum Gasteiger partial charge on any atom is -0.394 e. The van der Waals surface area contributed by atoms with Gasteiger partial charge in [0, 0.05) is 13.7 Å². The highest BCUT2D eigenvalue weighted by atomic mass is 16.6. The highest BCUT2D eigenvalue weighted by molar-refractivity contribution is 4.55. The van der Waals surface area contributed by atoms with E-state index in [9.17, 15) is 0 Å². The SMILES string of the molecule is CCCCOC(C)COC(C)COC(C)CO.COC(C)COC(C)COC(C)CO. The Bertz CT molecular complexity index is 344. The summed E-state index contributed by atoms with van der Waals surface area (Å²) >= 11 is 0. The van der Waals surface area contributed by atoms with Crippen molar-refractivity contribution in [3.8, 4) is 0 Å². The van der Waals surface area contributed by atoms with Crippen molar-refractivity contribution in [3.63, 3.8) is 0 Å². The highest BCUT2D eigenvalue weighted by Gasteiger charge is 2.09. The van der Waals surface area contributed by atoms with Crippen molar-refractivity contribution in [2.75, 3.05) is 53.4 Å². The van der Waals surface area contributed by atoms with Gasteiger partial charge in [0.15, 0.2) is 0 Å². The normalized spacial score (nSPS) is 17.2. The predicted molar refractivity (Wildman–Crippen MR) is 123 cm³/mol. The van der Waals surface area contributed by atoms with Gasteiger partial charge < -0.3 is 38.6 Å². The molecular weight excluding hydrogens is 404 g/mol. The van der Waals surface area contributed by atoms with Gasteiger partial charge in [-0.2, -0.15) is 0 Å². The predicted octanol–water partition coefficient (Wildman–Crippen LogP) is 2.82. The first-order valence-electron chi connectivity index (χ1n) is 11.5. The summed E-state index contributed by atoms with van der Waals surface area (Å²) < 4.78 is 32.3. The van der Waals surface area contributed by atoms with Crippen LogP contribution >= 0.6 is 0 Å². The van der Waals surface area contributed by atoms with Gasteiger partial charge in [-0.25, -0.2) is 0 Å². The molecule has 31 heavy (non-hydrogen) atoms. The lowest BCUT2D eigenvalue weighted by molar-refractivity contribution is -0.0745. The summed E-state index contributed by atoms with van der Waals surface area (Å²) in [5.41, 5.74) is 0. The zero-order chi connectivity index (χ0) is 24.1. The van der Waals surface area contributed by atoms with Crippen LogP contribution in [0.15, 0.2) is 0 Å². The van der Waals surface area contributed by atoms with Crippen LogP contribution in [-0.4, -0.2) is 100 Å². The molecule has 0 aromatic heterocycles. The second-order valence-corrected chi connectivity index (χ2v) is 8.02. The molecule has 190 valence electrons. The molecule has 8 heteroatoms. The smallest absolute Gasteiger partial charge is 0.0781 e. The standard InChI is InChI=1S/C13H28O4.C10H22O4/c1-5-6-7-15-12(3)9-17-13(4)10-16-11(2)8-14;1-8(5-11)13-7-10(3)14-6-9(2)12-4/h11-14H,5-10H2,1-4H3;8-11H,5-7H2,1-4H3. The van der Waals surface area contributed by atoms with Gasteiger partial charge >= 0.3 is 0 Å². The van der Waals surface area contributed by atoms with Crippen molar-refractivity contribution in [2.24, 2.45) is 0 Å². The van der Waals surface area contributed by atoms with Crippen LogP contribution in [0.5, 0.6) is 0 Å². The summed E-state index contributed by atoms with van der Waals surface area (Å²) in [6.07, 6.45) is 2.28. The number of methoxy groups -OCH3 is 1. The number of ether oxygens (including phenoxy) is 6. The van der Waals surface area contributed by atoms with Crippen molar-refractivity contribution in [2.45, 2.75) is 97.9 Å². The summed E-state index contributed by atoms with van der Waals surface area (Å²) in [5.74, 6) is 0. The van der Waals surface area contributed by atoms with E-state index in [0.29, 0.717) is 26.4 Å². The Balaban J connectivity index is 0. The molecule has 0 aliphatic heterocycles. The van der Waals surface area contributed by atoms with Crippen LogP contribution in [-0.2, 0) is 28.4 Å². The zero-order valence-electron chi connectivity index (χ0n) is 21.2. The molecule has 0 bridgehead atoms. The minimum absolute atomic E-state index is 0.0289. The van der Waals surface area contributed by atoms with Gasteiger partial charge in [0.25, 0.3) is 0 Å². The number of unbranched alkanes of at least 4 members (excludes halogenated alkanes) is 1. The van der Waals surface area contributed by atoms with E-state index < -0.39 is 0 Å². The number of aliphatic hydroxyl groups excluding tert-OH is 2. The van der Waals surface area contributed by atoms with Crippen molar-refractivity contribution >= 4 is 0 Å². The van der Waals surface area contributed by atoms with E-state index in [1.807, 2.05) is 41.5 Å². The molecule has 0 rings (SSSR count). The molecule has 0 aliphatic carbocycles.